The molecule has 0 fully saturated rings. The zero-order valence-corrected chi connectivity index (χ0v) is 15.5. The summed E-state index contributed by atoms with van der Waals surface area (Å²) < 4.78 is 2.74. The molecule has 104 valence electrons. The van der Waals surface area contributed by atoms with Gasteiger partial charge in [0.05, 0.1) is 0 Å². The van der Waals surface area contributed by atoms with Crippen molar-refractivity contribution in [2.24, 2.45) is 0 Å². The zero-order valence-electron chi connectivity index (χ0n) is 10.7. The molecule has 0 aliphatic carbocycles. The van der Waals surface area contributed by atoms with Crippen LogP contribution in [0.2, 0.25) is 0 Å². The third-order valence-corrected chi connectivity index (χ3v) is 4.23. The largest absolute Gasteiger partial charge is 0.322 e. The van der Waals surface area contributed by atoms with E-state index in [1.807, 2.05) is 24.3 Å². The number of halogens is 3. The van der Waals surface area contributed by atoms with Gasteiger partial charge in [0, 0.05) is 24.7 Å². The molecule has 0 spiro atoms. The summed E-state index contributed by atoms with van der Waals surface area (Å²) in [5, 5.41) is 2.96. The summed E-state index contributed by atoms with van der Waals surface area (Å²) in [5.41, 5.74) is 2.55. The first-order valence-corrected chi connectivity index (χ1v) is 8.43. The molecule has 2 aromatic carbocycles. The highest BCUT2D eigenvalue weighted by Gasteiger charge is 2.10. The van der Waals surface area contributed by atoms with Gasteiger partial charge in [-0.2, -0.15) is 0 Å². The van der Waals surface area contributed by atoms with Crippen molar-refractivity contribution >= 4 is 59.4 Å². The molecule has 2 rings (SSSR count). The lowest BCUT2D eigenvalue weighted by Crippen LogP contribution is -2.13. The Bertz CT molecular complexity index is 635. The van der Waals surface area contributed by atoms with Gasteiger partial charge in [-0.05, 0) is 48.4 Å². The van der Waals surface area contributed by atoms with E-state index in [2.05, 4.69) is 60.0 Å². The number of carbonyl (C=O) groups excluding carboxylic acids is 1. The van der Waals surface area contributed by atoms with Crippen LogP contribution in [0.4, 0.5) is 5.69 Å². The van der Waals surface area contributed by atoms with E-state index in [0.29, 0.717) is 5.56 Å². The summed E-state index contributed by atoms with van der Waals surface area (Å²) in [7, 11) is 0. The number of amides is 1. The van der Waals surface area contributed by atoms with Crippen molar-refractivity contribution in [3.05, 3.63) is 60.9 Å². The Labute approximate surface area is 143 Å². The standard InChI is InChI=1S/C15H12Br3NO/c1-2-9-5-11(16)3-4-14(9)19-15(20)10-6-12(17)8-13(18)7-10/h3-8H,2H2,1H3,(H,19,20). The highest BCUT2D eigenvalue weighted by Crippen LogP contribution is 2.24. The number of hydrogen-bond donors (Lipinski definition) is 1. The van der Waals surface area contributed by atoms with E-state index in [9.17, 15) is 4.79 Å². The van der Waals surface area contributed by atoms with E-state index < -0.39 is 0 Å². The molecule has 1 N–H and O–H groups in total. The van der Waals surface area contributed by atoms with Crippen LogP contribution in [0.25, 0.3) is 0 Å². The van der Waals surface area contributed by atoms with Crippen LogP contribution in [-0.2, 0) is 6.42 Å². The minimum atomic E-state index is -0.121. The Morgan fingerprint density at radius 2 is 1.65 bits per heavy atom. The monoisotopic (exact) mass is 459 g/mol. The van der Waals surface area contributed by atoms with E-state index in [0.717, 1.165) is 31.1 Å². The second-order valence-corrected chi connectivity index (χ2v) is 7.01. The summed E-state index contributed by atoms with van der Waals surface area (Å²) in [6.07, 6.45) is 0.858. The average Bonchev–Trinajstić information content (AvgIpc) is 2.39. The molecular formula is C15H12Br3NO. The van der Waals surface area contributed by atoms with Gasteiger partial charge in [-0.3, -0.25) is 4.79 Å². The molecule has 0 aromatic heterocycles. The van der Waals surface area contributed by atoms with Crippen LogP contribution in [0.15, 0.2) is 49.8 Å². The fraction of sp³-hybridized carbons (Fsp3) is 0.133. The topological polar surface area (TPSA) is 29.1 Å². The second-order valence-electron chi connectivity index (χ2n) is 4.27. The predicted molar refractivity (Wildman–Crippen MR) is 93.3 cm³/mol. The lowest BCUT2D eigenvalue weighted by atomic mass is 10.1. The van der Waals surface area contributed by atoms with Gasteiger partial charge in [-0.25, -0.2) is 0 Å². The van der Waals surface area contributed by atoms with Gasteiger partial charge in [0.25, 0.3) is 5.91 Å². The number of rotatable bonds is 3. The molecule has 0 heterocycles. The molecule has 5 heteroatoms. The Hall–Kier alpha value is -0.650. The van der Waals surface area contributed by atoms with Crippen LogP contribution in [0.3, 0.4) is 0 Å². The molecule has 0 radical (unpaired) electrons. The molecule has 0 unspecified atom stereocenters. The Morgan fingerprint density at radius 3 is 2.25 bits per heavy atom. The van der Waals surface area contributed by atoms with Gasteiger partial charge in [-0.1, -0.05) is 54.7 Å². The number of nitrogens with one attached hydrogen (secondary N) is 1. The zero-order chi connectivity index (χ0) is 14.7. The molecule has 20 heavy (non-hydrogen) atoms. The van der Waals surface area contributed by atoms with Gasteiger partial charge in [0.15, 0.2) is 0 Å². The van der Waals surface area contributed by atoms with Crippen LogP contribution in [0, 0.1) is 0 Å². The minimum absolute atomic E-state index is 0.121. The third kappa shape index (κ3) is 3.93. The smallest absolute Gasteiger partial charge is 0.255 e. The summed E-state index contributed by atoms with van der Waals surface area (Å²) in [6, 6.07) is 11.3. The fourth-order valence-corrected chi connectivity index (χ4v) is 3.56. The van der Waals surface area contributed by atoms with E-state index in [1.165, 1.54) is 0 Å². The molecule has 0 saturated heterocycles. The Kier molecular flexibility index (Phi) is 5.41. The van der Waals surface area contributed by atoms with Gasteiger partial charge < -0.3 is 5.32 Å². The summed E-state index contributed by atoms with van der Waals surface area (Å²) in [5.74, 6) is -0.121. The summed E-state index contributed by atoms with van der Waals surface area (Å²) >= 11 is 10.2. The molecule has 0 saturated carbocycles. The predicted octanol–water partition coefficient (Wildman–Crippen LogP) is 5.79. The molecule has 0 aliphatic rings. The SMILES string of the molecule is CCc1cc(Br)ccc1NC(=O)c1cc(Br)cc(Br)c1. The number of hydrogen-bond acceptors (Lipinski definition) is 1. The first-order valence-electron chi connectivity index (χ1n) is 6.05. The lowest BCUT2D eigenvalue weighted by Gasteiger charge is -2.11. The normalized spacial score (nSPS) is 10.4. The van der Waals surface area contributed by atoms with E-state index in [4.69, 9.17) is 0 Å². The van der Waals surface area contributed by atoms with Gasteiger partial charge >= 0.3 is 0 Å². The fourth-order valence-electron chi connectivity index (χ4n) is 1.86. The number of aryl methyl sites for hydroxylation is 1. The number of anilines is 1. The molecule has 0 atom stereocenters. The van der Waals surface area contributed by atoms with Crippen molar-refractivity contribution in [2.45, 2.75) is 13.3 Å². The highest BCUT2D eigenvalue weighted by atomic mass is 79.9. The van der Waals surface area contributed by atoms with Crippen LogP contribution in [0.1, 0.15) is 22.8 Å². The van der Waals surface area contributed by atoms with E-state index in [-0.39, 0.29) is 5.91 Å². The van der Waals surface area contributed by atoms with E-state index >= 15 is 0 Å². The van der Waals surface area contributed by atoms with Crippen LogP contribution in [-0.4, -0.2) is 5.91 Å². The second kappa shape index (κ2) is 6.87. The summed E-state index contributed by atoms with van der Waals surface area (Å²) in [4.78, 5) is 12.3. The van der Waals surface area contributed by atoms with Crippen molar-refractivity contribution in [1.82, 2.24) is 0 Å². The summed E-state index contributed by atoms with van der Waals surface area (Å²) in [6.45, 7) is 2.06. The molecule has 2 aromatic rings. The van der Waals surface area contributed by atoms with Crippen LogP contribution in [0.5, 0.6) is 0 Å². The first-order chi connectivity index (χ1) is 9.49. The molecule has 0 aliphatic heterocycles. The third-order valence-electron chi connectivity index (χ3n) is 2.82. The Morgan fingerprint density at radius 1 is 1.00 bits per heavy atom. The highest BCUT2D eigenvalue weighted by molar-refractivity contribution is 9.11. The number of benzene rings is 2. The van der Waals surface area contributed by atoms with Crippen LogP contribution >= 0.6 is 47.8 Å². The lowest BCUT2D eigenvalue weighted by molar-refractivity contribution is 0.102. The van der Waals surface area contributed by atoms with Gasteiger partial charge in [-0.15, -0.1) is 0 Å². The molecule has 0 bridgehead atoms. The molecular weight excluding hydrogens is 450 g/mol. The van der Waals surface area contributed by atoms with Crippen molar-refractivity contribution in [3.8, 4) is 0 Å². The first kappa shape index (κ1) is 15.7. The maximum atomic E-state index is 12.3. The molecule has 1 amide bonds. The molecule has 2 nitrogen and oxygen atoms in total. The van der Waals surface area contributed by atoms with Crippen molar-refractivity contribution in [2.75, 3.05) is 5.32 Å². The number of carbonyl (C=O) groups is 1. The van der Waals surface area contributed by atoms with Gasteiger partial charge in [0.1, 0.15) is 0 Å². The van der Waals surface area contributed by atoms with E-state index in [1.54, 1.807) is 12.1 Å². The maximum Gasteiger partial charge on any atom is 0.255 e. The maximum absolute atomic E-state index is 12.3. The van der Waals surface area contributed by atoms with Crippen molar-refractivity contribution < 1.29 is 4.79 Å². The van der Waals surface area contributed by atoms with Crippen LogP contribution < -0.4 is 5.32 Å². The van der Waals surface area contributed by atoms with Crippen molar-refractivity contribution in [3.63, 3.8) is 0 Å². The average molecular weight is 462 g/mol. The Balaban J connectivity index is 2.27. The van der Waals surface area contributed by atoms with Gasteiger partial charge in [0.2, 0.25) is 0 Å². The minimum Gasteiger partial charge on any atom is -0.322 e. The quantitative estimate of drug-likeness (QED) is 0.616. The van der Waals surface area contributed by atoms with Crippen molar-refractivity contribution in [1.29, 1.82) is 0 Å².